The fourth-order valence-electron chi connectivity index (χ4n) is 6.34. The van der Waals surface area contributed by atoms with E-state index in [0.717, 1.165) is 11.1 Å². The maximum Gasteiger partial charge on any atom is 0.307 e. The van der Waals surface area contributed by atoms with Crippen molar-refractivity contribution in [2.75, 3.05) is 5.32 Å². The van der Waals surface area contributed by atoms with Crippen LogP contribution >= 0.6 is 23.2 Å². The molecule has 2 aliphatic heterocycles. The first-order valence-electron chi connectivity index (χ1n) is 18.0. The molecule has 0 saturated heterocycles. The number of rotatable bonds is 8. The summed E-state index contributed by atoms with van der Waals surface area (Å²) in [5.41, 5.74) is 3.19. The van der Waals surface area contributed by atoms with Crippen LogP contribution in [0.3, 0.4) is 0 Å². The number of amides is 4. The maximum atomic E-state index is 14.3. The fourth-order valence-corrected chi connectivity index (χ4v) is 6.82. The van der Waals surface area contributed by atoms with E-state index >= 15 is 0 Å². The molecule has 0 aromatic heterocycles. The Hall–Kier alpha value is -5.52. The van der Waals surface area contributed by atoms with E-state index in [1.807, 2.05) is 36.4 Å². The quantitative estimate of drug-likeness (QED) is 0.147. The van der Waals surface area contributed by atoms with Gasteiger partial charge >= 0.3 is 5.97 Å². The molecule has 4 atom stereocenters. The summed E-state index contributed by atoms with van der Waals surface area (Å²) in [5, 5.41) is 21.9. The summed E-state index contributed by atoms with van der Waals surface area (Å²) in [7, 11) is 0. The van der Waals surface area contributed by atoms with Crippen molar-refractivity contribution in [3.63, 3.8) is 0 Å². The van der Waals surface area contributed by atoms with Gasteiger partial charge in [-0.25, -0.2) is 0 Å². The van der Waals surface area contributed by atoms with E-state index < -0.39 is 59.4 Å². The standard InChI is InChI=1S/C42H42Cl2N4O7/c43-31-15-14-29(33(44)25-31)23-36-41(53)47-35(22-27-9-5-2-6-10-27)37(49)24-30(42(54)55)21-28-11-16-32(17-12-28)45-38(50)19-20-39(51)46-34(40(52)48-36)18-13-26-7-3-1-4-8-26/h1-12,14-17,25,30,34-36H,13,18-24H2,(H,45,50)(H,46,51)(H,47,53)(H,48,52)(H,54,55)/t30-,34+,35+,36-/m0/s1. The summed E-state index contributed by atoms with van der Waals surface area (Å²) in [6, 6.07) is 26.1. The number of anilines is 1. The normalized spacial score (nSPS) is 20.4. The smallest absolute Gasteiger partial charge is 0.307 e. The van der Waals surface area contributed by atoms with Gasteiger partial charge < -0.3 is 26.4 Å². The number of carbonyl (C=O) groups excluding carboxylic acids is 5. The van der Waals surface area contributed by atoms with Crippen molar-refractivity contribution in [1.29, 1.82) is 0 Å². The highest BCUT2D eigenvalue weighted by atomic mass is 35.5. The molecule has 11 nitrogen and oxygen atoms in total. The number of carboxylic acids is 1. The number of fused-ring (bicyclic) bond motifs is 18. The first kappa shape index (κ1) is 40.7. The highest BCUT2D eigenvalue weighted by Crippen LogP contribution is 2.23. The average Bonchev–Trinajstić information content (AvgIpc) is 3.16. The number of carbonyl (C=O) groups is 6. The van der Waals surface area contributed by atoms with Gasteiger partial charge in [0.25, 0.3) is 0 Å². The highest BCUT2D eigenvalue weighted by Gasteiger charge is 2.32. The molecule has 6 rings (SSSR count). The number of hydrogen-bond acceptors (Lipinski definition) is 6. The van der Waals surface area contributed by atoms with E-state index in [0.29, 0.717) is 28.3 Å². The number of halogens is 2. The molecule has 0 spiro atoms. The predicted octanol–water partition coefficient (Wildman–Crippen LogP) is 5.50. The largest absolute Gasteiger partial charge is 0.481 e. The molecule has 0 fully saturated rings. The van der Waals surface area contributed by atoms with E-state index in [-0.39, 0.29) is 50.0 Å². The third kappa shape index (κ3) is 12.5. The Morgan fingerprint density at radius 1 is 0.655 bits per heavy atom. The van der Waals surface area contributed by atoms with E-state index in [4.69, 9.17) is 23.2 Å². The number of Topliss-reactive ketones (excluding diaryl/α,β-unsaturated/α-hetero) is 1. The second-order valence-corrected chi connectivity index (χ2v) is 14.4. The number of aryl methyl sites for hydroxylation is 1. The van der Waals surface area contributed by atoms with E-state index in [1.54, 1.807) is 60.7 Å². The predicted molar refractivity (Wildman–Crippen MR) is 210 cm³/mol. The third-order valence-electron chi connectivity index (χ3n) is 9.37. The van der Waals surface area contributed by atoms with Gasteiger partial charge in [0, 0.05) is 41.4 Å². The summed E-state index contributed by atoms with van der Waals surface area (Å²) in [4.78, 5) is 80.9. The van der Waals surface area contributed by atoms with Gasteiger partial charge in [-0.15, -0.1) is 0 Å². The van der Waals surface area contributed by atoms with Crippen LogP contribution in [0.1, 0.15) is 47.9 Å². The van der Waals surface area contributed by atoms with Gasteiger partial charge in [-0.3, -0.25) is 28.8 Å². The Balaban J connectivity index is 1.51. The first-order chi connectivity index (χ1) is 26.4. The second kappa shape index (κ2) is 19.7. The fraction of sp³-hybridized carbons (Fsp3) is 0.286. The van der Waals surface area contributed by atoms with Crippen molar-refractivity contribution >= 4 is 64.3 Å². The SMILES string of the molecule is O=C1CCC(=O)N[C@H](CCc2ccccc2)C(=O)N[C@@H](Cc2ccc(Cl)cc2Cl)C(=O)N[C@H](Cc2ccccc2)C(=O)C[C@@H](C(=O)O)Cc2ccc(cc2)N1. The van der Waals surface area contributed by atoms with Crippen LogP contribution in [0.15, 0.2) is 103 Å². The number of benzene rings is 4. The molecule has 4 aromatic rings. The lowest BCUT2D eigenvalue weighted by Crippen LogP contribution is -2.57. The third-order valence-corrected chi connectivity index (χ3v) is 9.96. The lowest BCUT2D eigenvalue weighted by Gasteiger charge is -2.26. The lowest BCUT2D eigenvalue weighted by molar-refractivity contribution is -0.144. The highest BCUT2D eigenvalue weighted by molar-refractivity contribution is 6.35. The average molecular weight is 786 g/mol. The van der Waals surface area contributed by atoms with Crippen LogP contribution in [0.2, 0.25) is 10.0 Å². The topological polar surface area (TPSA) is 171 Å². The lowest BCUT2D eigenvalue weighted by atomic mass is 9.90. The first-order valence-corrected chi connectivity index (χ1v) is 18.7. The zero-order valence-corrected chi connectivity index (χ0v) is 31.4. The molecule has 13 heteroatoms. The second-order valence-electron chi connectivity index (χ2n) is 13.6. The summed E-state index contributed by atoms with van der Waals surface area (Å²) in [6.45, 7) is 0. The molecule has 2 heterocycles. The molecule has 2 bridgehead atoms. The van der Waals surface area contributed by atoms with Crippen LogP contribution in [0.5, 0.6) is 0 Å². The van der Waals surface area contributed by atoms with Crippen LogP contribution in [-0.2, 0) is 54.5 Å². The molecule has 0 radical (unpaired) electrons. The van der Waals surface area contributed by atoms with Gasteiger partial charge in [-0.1, -0.05) is 102 Å². The molecule has 4 aromatic carbocycles. The molecule has 286 valence electrons. The van der Waals surface area contributed by atoms with Crippen molar-refractivity contribution in [3.05, 3.63) is 135 Å². The van der Waals surface area contributed by atoms with Crippen molar-refractivity contribution in [1.82, 2.24) is 16.0 Å². The Labute approximate surface area is 329 Å². The number of ketones is 1. The van der Waals surface area contributed by atoms with Gasteiger partial charge in [0.2, 0.25) is 23.6 Å². The Kier molecular flexibility index (Phi) is 14.6. The van der Waals surface area contributed by atoms with Gasteiger partial charge in [0.05, 0.1) is 12.0 Å². The molecular formula is C42H42Cl2N4O7. The molecule has 2 aliphatic rings. The Bertz CT molecular complexity index is 1990. The van der Waals surface area contributed by atoms with E-state index in [9.17, 15) is 33.9 Å². The van der Waals surface area contributed by atoms with E-state index in [1.165, 1.54) is 6.07 Å². The number of nitrogens with one attached hydrogen (secondary N) is 4. The van der Waals surface area contributed by atoms with Gasteiger partial charge in [-0.2, -0.15) is 0 Å². The number of hydrogen-bond donors (Lipinski definition) is 5. The van der Waals surface area contributed by atoms with Crippen molar-refractivity contribution in [2.24, 2.45) is 5.92 Å². The number of carboxylic acid groups (broad SMARTS) is 1. The minimum atomic E-state index is -1.29. The summed E-state index contributed by atoms with van der Waals surface area (Å²) in [6.07, 6.45) is -0.231. The van der Waals surface area contributed by atoms with Crippen molar-refractivity contribution < 1.29 is 33.9 Å². The van der Waals surface area contributed by atoms with Crippen molar-refractivity contribution in [3.8, 4) is 0 Å². The summed E-state index contributed by atoms with van der Waals surface area (Å²) in [5.74, 6) is -5.18. The monoisotopic (exact) mass is 784 g/mol. The van der Waals surface area contributed by atoms with Crippen LogP contribution < -0.4 is 21.3 Å². The zero-order valence-electron chi connectivity index (χ0n) is 29.9. The van der Waals surface area contributed by atoms with Gasteiger partial charge in [0.15, 0.2) is 5.78 Å². The van der Waals surface area contributed by atoms with Crippen molar-refractivity contribution in [2.45, 2.75) is 69.5 Å². The van der Waals surface area contributed by atoms with E-state index in [2.05, 4.69) is 21.3 Å². The Morgan fingerprint density at radius 2 is 1.27 bits per heavy atom. The molecule has 55 heavy (non-hydrogen) atoms. The molecule has 0 saturated carbocycles. The molecule has 4 amide bonds. The van der Waals surface area contributed by atoms with Crippen LogP contribution in [0.4, 0.5) is 5.69 Å². The molecule has 0 aliphatic carbocycles. The van der Waals surface area contributed by atoms with Crippen LogP contribution in [0.25, 0.3) is 0 Å². The van der Waals surface area contributed by atoms with Gasteiger partial charge in [0.1, 0.15) is 12.1 Å². The summed E-state index contributed by atoms with van der Waals surface area (Å²) < 4.78 is 0. The summed E-state index contributed by atoms with van der Waals surface area (Å²) >= 11 is 12.7. The zero-order chi connectivity index (χ0) is 39.3. The minimum absolute atomic E-state index is 0.0135. The molecule has 5 N–H and O–H groups in total. The van der Waals surface area contributed by atoms with Crippen LogP contribution in [-0.4, -0.2) is 58.6 Å². The maximum absolute atomic E-state index is 14.3. The number of aliphatic carboxylic acids is 1. The Morgan fingerprint density at radius 3 is 1.93 bits per heavy atom. The minimum Gasteiger partial charge on any atom is -0.481 e. The van der Waals surface area contributed by atoms with Gasteiger partial charge in [-0.05, 0) is 72.2 Å². The molecule has 0 unspecified atom stereocenters. The molecular weight excluding hydrogens is 743 g/mol. The van der Waals surface area contributed by atoms with Crippen LogP contribution in [0, 0.1) is 5.92 Å².